The number of aromatic nitrogens is 2. The van der Waals surface area contributed by atoms with Gasteiger partial charge in [-0.05, 0) is 18.4 Å². The number of methoxy groups -OCH3 is 2. The minimum Gasteiger partial charge on any atom is -0.493 e. The predicted octanol–water partition coefficient (Wildman–Crippen LogP) is 1.03. The largest absolute Gasteiger partial charge is 0.493 e. The molecule has 1 aromatic carbocycles. The lowest BCUT2D eigenvalue weighted by Crippen LogP contribution is -2.44. The summed E-state index contributed by atoms with van der Waals surface area (Å²) in [6, 6.07) is 2.06. The Hall–Kier alpha value is -3.10. The zero-order valence-corrected chi connectivity index (χ0v) is 15.7. The Balaban J connectivity index is 2.28. The highest BCUT2D eigenvalue weighted by Gasteiger charge is 2.21. The Morgan fingerprint density at radius 3 is 2.41 bits per heavy atom. The molecule has 0 spiro atoms. The molecule has 0 aliphatic carbocycles. The fourth-order valence-electron chi connectivity index (χ4n) is 2.69. The van der Waals surface area contributed by atoms with Gasteiger partial charge in [0, 0.05) is 6.07 Å². The molecule has 0 radical (unpaired) electrons. The number of fused-ring (bicyclic) bond motifs is 1. The summed E-state index contributed by atoms with van der Waals surface area (Å²) >= 11 is 0. The minimum atomic E-state index is -1.11. The highest BCUT2D eigenvalue weighted by atomic mass is 16.5. The summed E-state index contributed by atoms with van der Waals surface area (Å²) in [5.74, 6) is -0.789. The molecule has 0 fully saturated rings. The highest BCUT2D eigenvalue weighted by Crippen LogP contribution is 2.29. The van der Waals surface area contributed by atoms with Crippen LogP contribution in [0, 0.1) is 5.92 Å². The van der Waals surface area contributed by atoms with Crippen LogP contribution in [-0.2, 0) is 16.1 Å². The number of benzene rings is 1. The van der Waals surface area contributed by atoms with Gasteiger partial charge in [-0.1, -0.05) is 13.8 Å². The van der Waals surface area contributed by atoms with Crippen LogP contribution in [0.15, 0.2) is 23.3 Å². The number of hydrogen-bond donors (Lipinski definition) is 2. The van der Waals surface area contributed by atoms with Crippen molar-refractivity contribution in [3.63, 3.8) is 0 Å². The Morgan fingerprint density at radius 1 is 1.22 bits per heavy atom. The number of ether oxygens (including phenoxy) is 2. The highest BCUT2D eigenvalue weighted by molar-refractivity contribution is 5.84. The summed E-state index contributed by atoms with van der Waals surface area (Å²) in [7, 11) is 2.93. The number of aliphatic carboxylic acids is 1. The molecule has 1 amide bonds. The third-order valence-corrected chi connectivity index (χ3v) is 3.98. The summed E-state index contributed by atoms with van der Waals surface area (Å²) in [5, 5.41) is 11.9. The molecule has 1 heterocycles. The van der Waals surface area contributed by atoms with Crippen molar-refractivity contribution in [1.82, 2.24) is 14.9 Å². The third kappa shape index (κ3) is 4.75. The van der Waals surface area contributed by atoms with Gasteiger partial charge in [-0.2, -0.15) is 0 Å². The van der Waals surface area contributed by atoms with Gasteiger partial charge < -0.3 is 19.9 Å². The number of rotatable bonds is 8. The molecule has 27 heavy (non-hydrogen) atoms. The second-order valence-electron chi connectivity index (χ2n) is 6.49. The molecule has 2 rings (SSSR count). The van der Waals surface area contributed by atoms with Crippen LogP contribution in [0.25, 0.3) is 10.9 Å². The average molecular weight is 377 g/mol. The maximum atomic E-state index is 12.7. The molecule has 0 aliphatic heterocycles. The standard InChI is InChI=1S/C18H23N3O6/c1-10(2)5-13(18(24)25)20-16(22)8-21-9-19-12-7-15(27-4)14(26-3)6-11(12)17(21)23/h6-7,9-10,13H,5,8H2,1-4H3,(H,20,22)(H,24,25). The van der Waals surface area contributed by atoms with Gasteiger partial charge in [-0.15, -0.1) is 0 Å². The second-order valence-corrected chi connectivity index (χ2v) is 6.49. The van der Waals surface area contributed by atoms with Crippen molar-refractivity contribution in [3.8, 4) is 11.5 Å². The molecule has 1 aromatic heterocycles. The van der Waals surface area contributed by atoms with Crippen molar-refractivity contribution in [2.75, 3.05) is 14.2 Å². The Labute approximate surface area is 155 Å². The zero-order chi connectivity index (χ0) is 20.1. The third-order valence-electron chi connectivity index (χ3n) is 3.98. The monoisotopic (exact) mass is 377 g/mol. The predicted molar refractivity (Wildman–Crippen MR) is 98.1 cm³/mol. The van der Waals surface area contributed by atoms with Crippen LogP contribution in [-0.4, -0.2) is 46.8 Å². The van der Waals surface area contributed by atoms with Crippen LogP contribution in [0.1, 0.15) is 20.3 Å². The number of nitrogens with one attached hydrogen (secondary N) is 1. The quantitative estimate of drug-likeness (QED) is 0.705. The van der Waals surface area contributed by atoms with E-state index < -0.39 is 23.5 Å². The van der Waals surface area contributed by atoms with Crippen LogP contribution in [0.4, 0.5) is 0 Å². The Bertz CT molecular complexity index is 906. The fraction of sp³-hybridized carbons (Fsp3) is 0.444. The molecule has 1 unspecified atom stereocenters. The number of amides is 1. The van der Waals surface area contributed by atoms with E-state index in [4.69, 9.17) is 9.47 Å². The molecule has 0 bridgehead atoms. The number of carboxylic acids is 1. The van der Waals surface area contributed by atoms with Gasteiger partial charge in [0.05, 0.1) is 31.4 Å². The summed E-state index contributed by atoms with van der Waals surface area (Å²) in [4.78, 5) is 40.3. The van der Waals surface area contributed by atoms with E-state index in [2.05, 4.69) is 10.3 Å². The molecule has 0 aliphatic rings. The first-order valence-electron chi connectivity index (χ1n) is 8.40. The van der Waals surface area contributed by atoms with E-state index >= 15 is 0 Å². The Morgan fingerprint density at radius 2 is 1.85 bits per heavy atom. The average Bonchev–Trinajstić information content (AvgIpc) is 2.62. The van der Waals surface area contributed by atoms with Crippen LogP contribution in [0.3, 0.4) is 0 Å². The minimum absolute atomic E-state index is 0.0962. The summed E-state index contributed by atoms with van der Waals surface area (Å²) in [6.45, 7) is 3.39. The van der Waals surface area contributed by atoms with Crippen LogP contribution >= 0.6 is 0 Å². The number of hydrogen-bond acceptors (Lipinski definition) is 6. The van der Waals surface area contributed by atoms with Gasteiger partial charge in [-0.3, -0.25) is 14.2 Å². The van der Waals surface area contributed by atoms with Crippen molar-refractivity contribution in [3.05, 3.63) is 28.8 Å². The van der Waals surface area contributed by atoms with E-state index in [1.54, 1.807) is 6.07 Å². The lowest BCUT2D eigenvalue weighted by Gasteiger charge is -2.17. The molecule has 0 saturated carbocycles. The maximum Gasteiger partial charge on any atom is 0.326 e. The second kappa shape index (κ2) is 8.52. The van der Waals surface area contributed by atoms with Gasteiger partial charge in [0.15, 0.2) is 11.5 Å². The van der Waals surface area contributed by atoms with Crippen molar-refractivity contribution in [2.45, 2.75) is 32.9 Å². The van der Waals surface area contributed by atoms with Crippen molar-refractivity contribution in [1.29, 1.82) is 0 Å². The molecule has 146 valence electrons. The number of carbonyl (C=O) groups excluding carboxylic acids is 1. The Kier molecular flexibility index (Phi) is 6.38. The van der Waals surface area contributed by atoms with E-state index in [0.29, 0.717) is 23.4 Å². The lowest BCUT2D eigenvalue weighted by atomic mass is 10.0. The summed E-state index contributed by atoms with van der Waals surface area (Å²) in [6.07, 6.45) is 1.54. The molecule has 9 heteroatoms. The van der Waals surface area contributed by atoms with Crippen LogP contribution in [0.5, 0.6) is 11.5 Å². The van der Waals surface area contributed by atoms with E-state index in [1.165, 1.54) is 26.6 Å². The lowest BCUT2D eigenvalue weighted by molar-refractivity contribution is -0.142. The number of carboxylic acid groups (broad SMARTS) is 1. The van der Waals surface area contributed by atoms with Gasteiger partial charge >= 0.3 is 5.97 Å². The first-order chi connectivity index (χ1) is 12.8. The van der Waals surface area contributed by atoms with Crippen molar-refractivity contribution < 1.29 is 24.2 Å². The van der Waals surface area contributed by atoms with Crippen molar-refractivity contribution >= 4 is 22.8 Å². The van der Waals surface area contributed by atoms with E-state index in [1.807, 2.05) is 13.8 Å². The fourth-order valence-corrected chi connectivity index (χ4v) is 2.69. The number of nitrogens with zero attached hydrogens (tertiary/aromatic N) is 2. The van der Waals surface area contributed by atoms with Crippen molar-refractivity contribution in [2.24, 2.45) is 5.92 Å². The molecule has 2 N–H and O–H groups in total. The molecule has 9 nitrogen and oxygen atoms in total. The molecule has 2 aromatic rings. The topological polar surface area (TPSA) is 120 Å². The SMILES string of the molecule is COc1cc2ncn(CC(=O)NC(CC(C)C)C(=O)O)c(=O)c2cc1OC. The van der Waals surface area contributed by atoms with E-state index in [9.17, 15) is 19.5 Å². The normalized spacial score (nSPS) is 12.0. The van der Waals surface area contributed by atoms with Crippen LogP contribution < -0.4 is 20.3 Å². The summed E-state index contributed by atoms with van der Waals surface area (Å²) in [5.41, 5.74) is -0.0376. The van der Waals surface area contributed by atoms with Gasteiger partial charge in [-0.25, -0.2) is 9.78 Å². The summed E-state index contributed by atoms with van der Waals surface area (Å²) < 4.78 is 11.5. The number of carbonyl (C=O) groups is 2. The van der Waals surface area contributed by atoms with Crippen LogP contribution in [0.2, 0.25) is 0 Å². The van der Waals surface area contributed by atoms with Gasteiger partial charge in [0.1, 0.15) is 12.6 Å². The first kappa shape index (κ1) is 20.2. The first-order valence-corrected chi connectivity index (χ1v) is 8.40. The van der Waals surface area contributed by atoms with E-state index in [0.717, 1.165) is 4.57 Å². The zero-order valence-electron chi connectivity index (χ0n) is 15.7. The molecular formula is C18H23N3O6. The molecular weight excluding hydrogens is 354 g/mol. The molecule has 0 saturated heterocycles. The maximum absolute atomic E-state index is 12.7. The smallest absolute Gasteiger partial charge is 0.326 e. The molecule has 1 atom stereocenters. The van der Waals surface area contributed by atoms with Gasteiger partial charge in [0.2, 0.25) is 5.91 Å². The van der Waals surface area contributed by atoms with E-state index in [-0.39, 0.29) is 17.8 Å². The van der Waals surface area contributed by atoms with Gasteiger partial charge in [0.25, 0.3) is 5.56 Å².